The molecule has 1 aliphatic rings. The lowest BCUT2D eigenvalue weighted by Crippen LogP contribution is -2.46. The van der Waals surface area contributed by atoms with Crippen molar-refractivity contribution in [2.75, 3.05) is 13.2 Å². The van der Waals surface area contributed by atoms with Crippen LogP contribution in [0.15, 0.2) is 16.3 Å². The molecule has 0 N–H and O–H groups in total. The van der Waals surface area contributed by atoms with Crippen LogP contribution < -0.4 is 0 Å². The number of carbonyl (C=O) groups is 2. The van der Waals surface area contributed by atoms with Crippen molar-refractivity contribution in [3.8, 4) is 0 Å². The minimum Gasteiger partial charge on any atom is -0.463 e. The Morgan fingerprint density at radius 2 is 2.09 bits per heavy atom. The third-order valence-electron chi connectivity index (χ3n) is 3.03. The lowest BCUT2D eigenvalue weighted by molar-refractivity contribution is -0.139. The standard InChI is InChI=1S/C15H22N2O4S/c1-6-20-13(18)11-7-10(2)17(8-12(11)16-9-22)14(19)21-15(3,4)5/h10H,6-8H2,1-5H3/t10-/m1/s1. The van der Waals surface area contributed by atoms with Crippen LogP contribution in [0.2, 0.25) is 0 Å². The largest absolute Gasteiger partial charge is 0.463 e. The van der Waals surface area contributed by atoms with Gasteiger partial charge in [0.2, 0.25) is 0 Å². The monoisotopic (exact) mass is 326 g/mol. The number of esters is 1. The maximum absolute atomic E-state index is 12.3. The number of nitrogens with zero attached hydrogens (tertiary/aromatic N) is 2. The van der Waals surface area contributed by atoms with Crippen LogP contribution >= 0.6 is 12.2 Å². The summed E-state index contributed by atoms with van der Waals surface area (Å²) in [4.78, 5) is 29.7. The van der Waals surface area contributed by atoms with Crippen molar-refractivity contribution >= 4 is 29.4 Å². The van der Waals surface area contributed by atoms with Gasteiger partial charge >= 0.3 is 12.1 Å². The zero-order valence-corrected chi connectivity index (χ0v) is 14.5. The number of aliphatic imine (C=N–C) groups is 1. The number of isothiocyanates is 1. The average molecular weight is 326 g/mol. The van der Waals surface area contributed by atoms with Crippen molar-refractivity contribution in [2.45, 2.75) is 52.7 Å². The smallest absolute Gasteiger partial charge is 0.410 e. The van der Waals surface area contributed by atoms with Crippen molar-refractivity contribution in [1.82, 2.24) is 4.90 Å². The van der Waals surface area contributed by atoms with E-state index in [1.165, 1.54) is 4.90 Å². The van der Waals surface area contributed by atoms with Gasteiger partial charge in [0.1, 0.15) is 5.60 Å². The summed E-state index contributed by atoms with van der Waals surface area (Å²) in [6, 6.07) is -0.196. The minimum atomic E-state index is -0.588. The summed E-state index contributed by atoms with van der Waals surface area (Å²) in [5.74, 6) is -0.429. The predicted molar refractivity (Wildman–Crippen MR) is 85.7 cm³/mol. The molecule has 1 rings (SSSR count). The Morgan fingerprint density at radius 3 is 2.59 bits per heavy atom. The summed E-state index contributed by atoms with van der Waals surface area (Å²) < 4.78 is 10.4. The van der Waals surface area contributed by atoms with E-state index in [2.05, 4.69) is 22.4 Å². The van der Waals surface area contributed by atoms with Crippen LogP contribution in [0.1, 0.15) is 41.0 Å². The molecule has 1 heterocycles. The molecule has 0 aliphatic carbocycles. The minimum absolute atomic E-state index is 0.147. The second kappa shape index (κ2) is 7.51. The van der Waals surface area contributed by atoms with E-state index in [9.17, 15) is 9.59 Å². The van der Waals surface area contributed by atoms with Gasteiger partial charge in [-0.15, -0.1) is 0 Å². The van der Waals surface area contributed by atoms with Gasteiger partial charge < -0.3 is 9.47 Å². The van der Waals surface area contributed by atoms with Crippen molar-refractivity contribution in [3.63, 3.8) is 0 Å². The summed E-state index contributed by atoms with van der Waals surface area (Å²) >= 11 is 4.62. The molecule has 0 fully saturated rings. The maximum atomic E-state index is 12.3. The zero-order chi connectivity index (χ0) is 16.9. The van der Waals surface area contributed by atoms with Crippen molar-refractivity contribution in [1.29, 1.82) is 0 Å². The molecule has 0 bridgehead atoms. The van der Waals surface area contributed by atoms with Gasteiger partial charge in [-0.25, -0.2) is 9.59 Å². The lowest BCUT2D eigenvalue weighted by atomic mass is 9.99. The van der Waals surface area contributed by atoms with Crippen LogP contribution in [-0.4, -0.2) is 46.9 Å². The summed E-state index contributed by atoms with van der Waals surface area (Å²) in [7, 11) is 0. The van der Waals surface area contributed by atoms with E-state index in [0.717, 1.165) is 0 Å². The van der Waals surface area contributed by atoms with E-state index in [1.54, 1.807) is 27.7 Å². The molecule has 0 radical (unpaired) electrons. The number of thiocarbonyl (C=S) groups is 1. The van der Waals surface area contributed by atoms with E-state index >= 15 is 0 Å². The fraction of sp³-hybridized carbons (Fsp3) is 0.667. The first-order valence-corrected chi connectivity index (χ1v) is 7.57. The Balaban J connectivity index is 3.04. The molecule has 1 amide bonds. The number of amides is 1. The molecule has 0 saturated heterocycles. The Kier molecular flexibility index (Phi) is 6.26. The first kappa shape index (κ1) is 18.3. The molecule has 0 aromatic rings. The molecule has 122 valence electrons. The maximum Gasteiger partial charge on any atom is 0.410 e. The van der Waals surface area contributed by atoms with E-state index in [-0.39, 0.29) is 19.2 Å². The summed E-state index contributed by atoms with van der Waals surface area (Å²) in [5, 5.41) is 2.25. The fourth-order valence-electron chi connectivity index (χ4n) is 2.08. The number of ether oxygens (including phenoxy) is 2. The Bertz CT molecular complexity index is 530. The van der Waals surface area contributed by atoms with Crippen LogP contribution in [0.25, 0.3) is 0 Å². The average Bonchev–Trinajstić information content (AvgIpc) is 2.38. The number of hydrogen-bond donors (Lipinski definition) is 0. The van der Waals surface area contributed by atoms with Crippen LogP contribution in [0.3, 0.4) is 0 Å². The molecule has 0 aromatic carbocycles. The normalized spacial score (nSPS) is 18.6. The van der Waals surface area contributed by atoms with Gasteiger partial charge in [-0.1, -0.05) is 0 Å². The molecule has 22 heavy (non-hydrogen) atoms. The predicted octanol–water partition coefficient (Wildman–Crippen LogP) is 2.94. The summed E-state index contributed by atoms with van der Waals surface area (Å²) in [5.41, 5.74) is 0.249. The van der Waals surface area contributed by atoms with E-state index in [0.29, 0.717) is 17.7 Å². The number of carbonyl (C=O) groups excluding carboxylic acids is 2. The van der Waals surface area contributed by atoms with Gasteiger partial charge in [-0.2, -0.15) is 4.99 Å². The van der Waals surface area contributed by atoms with Crippen molar-refractivity contribution in [2.24, 2.45) is 4.99 Å². The number of hydrogen-bond acceptors (Lipinski definition) is 6. The van der Waals surface area contributed by atoms with Crippen LogP contribution in [0, 0.1) is 0 Å². The zero-order valence-electron chi connectivity index (χ0n) is 13.6. The van der Waals surface area contributed by atoms with Crippen LogP contribution in [0.4, 0.5) is 4.79 Å². The third kappa shape index (κ3) is 4.93. The second-order valence-electron chi connectivity index (χ2n) is 6.01. The molecule has 1 aliphatic heterocycles. The summed E-state index contributed by atoms with van der Waals surface area (Å²) in [6.45, 7) is 9.41. The first-order chi connectivity index (χ1) is 10.2. The molecule has 7 heteroatoms. The topological polar surface area (TPSA) is 68.2 Å². The van der Waals surface area contributed by atoms with E-state index in [4.69, 9.17) is 9.47 Å². The molecule has 6 nitrogen and oxygen atoms in total. The summed E-state index contributed by atoms with van der Waals surface area (Å²) in [6.07, 6.45) is -0.103. The molecule has 0 saturated carbocycles. The van der Waals surface area contributed by atoms with Crippen molar-refractivity contribution in [3.05, 3.63) is 11.3 Å². The van der Waals surface area contributed by atoms with Gasteiger partial charge in [-0.05, 0) is 46.8 Å². The van der Waals surface area contributed by atoms with Gasteiger partial charge in [0.15, 0.2) is 0 Å². The van der Waals surface area contributed by atoms with Crippen LogP contribution in [0.5, 0.6) is 0 Å². The Hall–Kier alpha value is -1.72. The highest BCUT2D eigenvalue weighted by Gasteiger charge is 2.34. The first-order valence-electron chi connectivity index (χ1n) is 7.16. The quantitative estimate of drug-likeness (QED) is 0.453. The molecule has 0 spiro atoms. The fourth-order valence-corrected chi connectivity index (χ4v) is 2.19. The van der Waals surface area contributed by atoms with Crippen LogP contribution in [-0.2, 0) is 14.3 Å². The molecular formula is C15H22N2O4S. The van der Waals surface area contributed by atoms with Gasteiger partial charge in [0.05, 0.1) is 29.6 Å². The number of rotatable bonds is 3. The SMILES string of the molecule is CCOC(=O)C1=C(N=C=S)CN(C(=O)OC(C)(C)C)[C@H](C)C1. The van der Waals surface area contributed by atoms with E-state index in [1.807, 2.05) is 6.92 Å². The highest BCUT2D eigenvalue weighted by atomic mass is 32.1. The highest BCUT2D eigenvalue weighted by molar-refractivity contribution is 7.78. The van der Waals surface area contributed by atoms with Crippen molar-refractivity contribution < 1.29 is 19.1 Å². The van der Waals surface area contributed by atoms with Gasteiger partial charge in [0, 0.05) is 12.5 Å². The molecule has 1 atom stereocenters. The van der Waals surface area contributed by atoms with Gasteiger partial charge in [-0.3, -0.25) is 4.90 Å². The lowest BCUT2D eigenvalue weighted by Gasteiger charge is -2.35. The highest BCUT2D eigenvalue weighted by Crippen LogP contribution is 2.26. The Labute approximate surface area is 136 Å². The molecule has 0 aromatic heterocycles. The Morgan fingerprint density at radius 1 is 1.45 bits per heavy atom. The van der Waals surface area contributed by atoms with Gasteiger partial charge in [0.25, 0.3) is 0 Å². The van der Waals surface area contributed by atoms with E-state index < -0.39 is 17.7 Å². The molecular weight excluding hydrogens is 304 g/mol. The third-order valence-corrected chi connectivity index (χ3v) is 3.12. The second-order valence-corrected chi connectivity index (χ2v) is 6.19. The molecule has 0 unspecified atom stereocenters.